The first-order valence-electron chi connectivity index (χ1n) is 8.34. The molecule has 0 amide bonds. The Morgan fingerprint density at radius 3 is 2.64 bits per heavy atom. The zero-order valence-corrected chi connectivity index (χ0v) is 15.1. The van der Waals surface area contributed by atoms with E-state index >= 15 is 0 Å². The number of hydrogen-bond donors (Lipinski definition) is 1. The zero-order chi connectivity index (χ0) is 17.5. The Balaban J connectivity index is 1.59. The van der Waals surface area contributed by atoms with Crippen molar-refractivity contribution in [1.29, 1.82) is 0 Å². The first-order chi connectivity index (χ1) is 12.2. The van der Waals surface area contributed by atoms with Crippen molar-refractivity contribution in [3.8, 4) is 5.75 Å². The van der Waals surface area contributed by atoms with E-state index in [0.29, 0.717) is 13.1 Å². The molecule has 0 aliphatic heterocycles. The summed E-state index contributed by atoms with van der Waals surface area (Å²) in [5.41, 5.74) is 1.28. The van der Waals surface area contributed by atoms with Crippen molar-refractivity contribution >= 4 is 11.3 Å². The van der Waals surface area contributed by atoms with Crippen molar-refractivity contribution < 1.29 is 14.3 Å². The van der Waals surface area contributed by atoms with Gasteiger partial charge in [-0.3, -0.25) is 4.90 Å². The molecule has 3 aromatic rings. The summed E-state index contributed by atoms with van der Waals surface area (Å²) >= 11 is 1.74. The molecule has 1 unspecified atom stereocenters. The van der Waals surface area contributed by atoms with Crippen molar-refractivity contribution in [3.63, 3.8) is 0 Å². The molecule has 132 valence electrons. The lowest BCUT2D eigenvalue weighted by atomic mass is 10.2. The molecule has 0 saturated heterocycles. The van der Waals surface area contributed by atoms with Crippen LogP contribution in [0.15, 0.2) is 64.6 Å². The molecule has 0 spiro atoms. The van der Waals surface area contributed by atoms with E-state index < -0.39 is 6.10 Å². The van der Waals surface area contributed by atoms with Gasteiger partial charge < -0.3 is 14.3 Å². The van der Waals surface area contributed by atoms with Gasteiger partial charge in [-0.25, -0.2) is 0 Å². The minimum absolute atomic E-state index is 0.266. The van der Waals surface area contributed by atoms with Gasteiger partial charge in [0.25, 0.3) is 0 Å². The van der Waals surface area contributed by atoms with Gasteiger partial charge in [0.1, 0.15) is 24.2 Å². The summed E-state index contributed by atoms with van der Waals surface area (Å²) in [6.45, 7) is 4.35. The van der Waals surface area contributed by atoms with Gasteiger partial charge in [-0.05, 0) is 48.2 Å². The number of para-hydroxylation sites is 1. The average molecular weight is 357 g/mol. The van der Waals surface area contributed by atoms with E-state index in [-0.39, 0.29) is 6.61 Å². The molecule has 5 heteroatoms. The topological polar surface area (TPSA) is 45.8 Å². The number of rotatable bonds is 9. The number of aryl methyl sites for hydroxylation is 1. The molecule has 1 atom stereocenters. The standard InChI is InChI=1S/C20H23NO3S/c1-16-9-11-25-20(16)14-21(13-19-8-5-10-23-19)12-17(22)15-24-18-6-3-2-4-7-18/h2-11,17,22H,12-15H2,1H3. The Kier molecular flexibility index (Phi) is 6.28. The van der Waals surface area contributed by atoms with Crippen LogP contribution in [-0.2, 0) is 13.1 Å². The van der Waals surface area contributed by atoms with Gasteiger partial charge in [-0.1, -0.05) is 18.2 Å². The normalized spacial score (nSPS) is 12.4. The highest BCUT2D eigenvalue weighted by molar-refractivity contribution is 7.10. The van der Waals surface area contributed by atoms with Crippen LogP contribution in [0, 0.1) is 6.92 Å². The average Bonchev–Trinajstić information content (AvgIpc) is 3.26. The molecule has 0 fully saturated rings. The highest BCUT2D eigenvalue weighted by Crippen LogP contribution is 2.20. The predicted molar refractivity (Wildman–Crippen MR) is 99.8 cm³/mol. The van der Waals surface area contributed by atoms with Crippen LogP contribution >= 0.6 is 11.3 Å². The summed E-state index contributed by atoms with van der Waals surface area (Å²) in [6, 6.07) is 15.5. The van der Waals surface area contributed by atoms with E-state index in [4.69, 9.17) is 9.15 Å². The van der Waals surface area contributed by atoms with Gasteiger partial charge in [0, 0.05) is 18.0 Å². The number of nitrogens with zero attached hydrogens (tertiary/aromatic N) is 1. The predicted octanol–water partition coefficient (Wildman–Crippen LogP) is 4.09. The molecule has 2 aromatic heterocycles. The van der Waals surface area contributed by atoms with Crippen molar-refractivity contribution in [2.24, 2.45) is 0 Å². The third kappa shape index (κ3) is 5.46. The molecule has 2 heterocycles. The quantitative estimate of drug-likeness (QED) is 0.626. The van der Waals surface area contributed by atoms with Gasteiger partial charge in [-0.15, -0.1) is 11.3 Å². The molecule has 0 saturated carbocycles. The van der Waals surface area contributed by atoms with Crippen LogP contribution in [0.2, 0.25) is 0 Å². The lowest BCUT2D eigenvalue weighted by molar-refractivity contribution is 0.0608. The van der Waals surface area contributed by atoms with E-state index in [2.05, 4.69) is 23.3 Å². The Morgan fingerprint density at radius 2 is 1.96 bits per heavy atom. The van der Waals surface area contributed by atoms with Crippen LogP contribution in [0.4, 0.5) is 0 Å². The smallest absolute Gasteiger partial charge is 0.119 e. The first kappa shape index (κ1) is 17.7. The molecule has 1 aromatic carbocycles. The van der Waals surface area contributed by atoms with Gasteiger partial charge in [0.05, 0.1) is 12.8 Å². The molecular formula is C20H23NO3S. The summed E-state index contributed by atoms with van der Waals surface area (Å²) in [7, 11) is 0. The Bertz CT molecular complexity index is 739. The molecule has 0 aliphatic rings. The van der Waals surface area contributed by atoms with Crippen molar-refractivity contribution in [1.82, 2.24) is 4.90 Å². The number of benzene rings is 1. The highest BCUT2D eigenvalue weighted by atomic mass is 32.1. The van der Waals surface area contributed by atoms with Gasteiger partial charge in [0.2, 0.25) is 0 Å². The SMILES string of the molecule is Cc1ccsc1CN(Cc1ccco1)CC(O)COc1ccccc1. The Hall–Kier alpha value is -2.08. The minimum Gasteiger partial charge on any atom is -0.491 e. The van der Waals surface area contributed by atoms with Gasteiger partial charge in [-0.2, -0.15) is 0 Å². The third-order valence-electron chi connectivity index (χ3n) is 3.95. The maximum atomic E-state index is 10.4. The summed E-state index contributed by atoms with van der Waals surface area (Å²) in [5.74, 6) is 1.67. The molecule has 0 aliphatic carbocycles. The minimum atomic E-state index is -0.574. The van der Waals surface area contributed by atoms with Crippen LogP contribution in [0.1, 0.15) is 16.2 Å². The number of thiophene rings is 1. The molecule has 25 heavy (non-hydrogen) atoms. The molecule has 4 nitrogen and oxygen atoms in total. The second-order valence-electron chi connectivity index (χ2n) is 6.05. The summed E-state index contributed by atoms with van der Waals surface area (Å²) < 4.78 is 11.1. The van der Waals surface area contributed by atoms with E-state index in [0.717, 1.165) is 18.1 Å². The largest absolute Gasteiger partial charge is 0.491 e. The fourth-order valence-corrected chi connectivity index (χ4v) is 3.58. The van der Waals surface area contributed by atoms with E-state index in [1.807, 2.05) is 42.5 Å². The maximum Gasteiger partial charge on any atom is 0.119 e. The summed E-state index contributed by atoms with van der Waals surface area (Å²) in [5, 5.41) is 12.5. The number of ether oxygens (including phenoxy) is 1. The van der Waals surface area contributed by atoms with Crippen LogP contribution in [0.3, 0.4) is 0 Å². The summed E-state index contributed by atoms with van der Waals surface area (Å²) in [4.78, 5) is 3.50. The number of furan rings is 1. The lowest BCUT2D eigenvalue weighted by Gasteiger charge is -2.24. The monoisotopic (exact) mass is 357 g/mol. The van der Waals surface area contributed by atoms with E-state index in [1.54, 1.807) is 17.6 Å². The van der Waals surface area contributed by atoms with Crippen LogP contribution in [-0.4, -0.2) is 29.3 Å². The van der Waals surface area contributed by atoms with Gasteiger partial charge in [0.15, 0.2) is 0 Å². The van der Waals surface area contributed by atoms with Crippen molar-refractivity contribution in [3.05, 3.63) is 76.4 Å². The molecule has 0 bridgehead atoms. The van der Waals surface area contributed by atoms with Crippen LogP contribution in [0.25, 0.3) is 0 Å². The first-order valence-corrected chi connectivity index (χ1v) is 9.22. The number of hydrogen-bond acceptors (Lipinski definition) is 5. The Labute approximate surface area is 152 Å². The van der Waals surface area contributed by atoms with E-state index in [1.165, 1.54) is 10.4 Å². The highest BCUT2D eigenvalue weighted by Gasteiger charge is 2.16. The van der Waals surface area contributed by atoms with Gasteiger partial charge >= 0.3 is 0 Å². The molecule has 0 radical (unpaired) electrons. The zero-order valence-electron chi connectivity index (χ0n) is 14.3. The second kappa shape index (κ2) is 8.85. The Morgan fingerprint density at radius 1 is 1.12 bits per heavy atom. The number of aliphatic hydroxyl groups is 1. The maximum absolute atomic E-state index is 10.4. The van der Waals surface area contributed by atoms with Crippen LogP contribution in [0.5, 0.6) is 5.75 Å². The lowest BCUT2D eigenvalue weighted by Crippen LogP contribution is -2.35. The second-order valence-corrected chi connectivity index (χ2v) is 7.05. The van der Waals surface area contributed by atoms with E-state index in [9.17, 15) is 5.11 Å². The van der Waals surface area contributed by atoms with Crippen LogP contribution < -0.4 is 4.74 Å². The fraction of sp³-hybridized carbons (Fsp3) is 0.300. The van der Waals surface area contributed by atoms with Crippen molar-refractivity contribution in [2.75, 3.05) is 13.2 Å². The summed E-state index contributed by atoms with van der Waals surface area (Å²) in [6.07, 6.45) is 1.11. The molecule has 1 N–H and O–H groups in total. The number of aliphatic hydroxyl groups excluding tert-OH is 1. The fourth-order valence-electron chi connectivity index (χ4n) is 2.64. The van der Waals surface area contributed by atoms with Crippen molar-refractivity contribution in [2.45, 2.75) is 26.1 Å². The third-order valence-corrected chi connectivity index (χ3v) is 4.96. The molecular weight excluding hydrogens is 334 g/mol. The molecule has 3 rings (SSSR count).